The van der Waals surface area contributed by atoms with Crippen molar-refractivity contribution in [3.05, 3.63) is 34.9 Å². The van der Waals surface area contributed by atoms with Gasteiger partial charge < -0.3 is 11.1 Å². The van der Waals surface area contributed by atoms with Crippen LogP contribution < -0.4 is 11.1 Å². The van der Waals surface area contributed by atoms with E-state index in [9.17, 15) is 4.79 Å². The molecule has 1 aromatic rings. The van der Waals surface area contributed by atoms with Gasteiger partial charge in [-0.3, -0.25) is 4.79 Å². The number of hydrogen-bond acceptors (Lipinski definition) is 2. The highest BCUT2D eigenvalue weighted by Gasteiger charge is 2.16. The van der Waals surface area contributed by atoms with Crippen molar-refractivity contribution in [2.24, 2.45) is 5.73 Å². The monoisotopic (exact) mass is 254 g/mol. The van der Waals surface area contributed by atoms with Gasteiger partial charge in [0.2, 0.25) is 5.91 Å². The van der Waals surface area contributed by atoms with Crippen LogP contribution in [0.25, 0.3) is 0 Å². The van der Waals surface area contributed by atoms with Crippen LogP contribution in [0.5, 0.6) is 0 Å². The summed E-state index contributed by atoms with van der Waals surface area (Å²) in [7, 11) is 0. The molecule has 0 aliphatic rings. The minimum absolute atomic E-state index is 0.0289. The van der Waals surface area contributed by atoms with Crippen LogP contribution in [-0.4, -0.2) is 11.9 Å². The van der Waals surface area contributed by atoms with Gasteiger partial charge in [-0.25, -0.2) is 0 Å². The van der Waals surface area contributed by atoms with Crippen molar-refractivity contribution in [3.63, 3.8) is 0 Å². The lowest BCUT2D eigenvalue weighted by atomic mass is 10.0. The number of carbonyl (C=O) groups is 1. The van der Waals surface area contributed by atoms with Gasteiger partial charge in [0.05, 0.1) is 12.1 Å². The highest BCUT2D eigenvalue weighted by Crippen LogP contribution is 2.20. The molecule has 1 unspecified atom stereocenters. The molecule has 0 aliphatic carbocycles. The summed E-state index contributed by atoms with van der Waals surface area (Å²) < 4.78 is 0. The van der Waals surface area contributed by atoms with Gasteiger partial charge in [0.1, 0.15) is 0 Å². The van der Waals surface area contributed by atoms with Crippen molar-refractivity contribution in [1.82, 2.24) is 5.32 Å². The number of carbonyl (C=O) groups excluding carboxylic acids is 1. The molecule has 0 bridgehead atoms. The second kappa shape index (κ2) is 6.62. The van der Waals surface area contributed by atoms with Crippen molar-refractivity contribution in [2.75, 3.05) is 0 Å². The predicted molar refractivity (Wildman–Crippen MR) is 70.9 cm³/mol. The molecule has 0 spiro atoms. The van der Waals surface area contributed by atoms with Gasteiger partial charge in [-0.2, -0.15) is 0 Å². The third-order valence-corrected chi connectivity index (χ3v) is 2.99. The zero-order valence-electron chi connectivity index (χ0n) is 10.2. The number of nitrogens with one attached hydrogen (secondary N) is 1. The smallest absolute Gasteiger partial charge is 0.237 e. The summed E-state index contributed by atoms with van der Waals surface area (Å²) in [6.07, 6.45) is 1.44. The lowest BCUT2D eigenvalue weighted by Crippen LogP contribution is -2.41. The topological polar surface area (TPSA) is 55.1 Å². The van der Waals surface area contributed by atoms with Crippen LogP contribution in [0.4, 0.5) is 0 Å². The molecule has 1 rings (SSSR count). The first kappa shape index (κ1) is 14.0. The van der Waals surface area contributed by atoms with E-state index in [1.54, 1.807) is 0 Å². The lowest BCUT2D eigenvalue weighted by molar-refractivity contribution is -0.123. The summed E-state index contributed by atoms with van der Waals surface area (Å²) in [6.45, 7) is 3.91. The molecule has 3 N–H and O–H groups in total. The Morgan fingerprint density at radius 1 is 1.41 bits per heavy atom. The van der Waals surface area contributed by atoms with Crippen molar-refractivity contribution in [2.45, 2.75) is 38.8 Å². The van der Waals surface area contributed by atoms with E-state index < -0.39 is 6.04 Å². The van der Waals surface area contributed by atoms with Crippen LogP contribution in [0.15, 0.2) is 24.3 Å². The number of benzene rings is 1. The minimum atomic E-state index is -0.441. The molecule has 0 aliphatic heterocycles. The highest BCUT2D eigenvalue weighted by atomic mass is 35.5. The predicted octanol–water partition coefficient (Wildman–Crippen LogP) is 2.64. The zero-order chi connectivity index (χ0) is 12.8. The Morgan fingerprint density at radius 3 is 2.65 bits per heavy atom. The molecule has 0 aromatic heterocycles. The van der Waals surface area contributed by atoms with Crippen molar-refractivity contribution in [3.8, 4) is 0 Å². The molecule has 1 aromatic carbocycles. The third-order valence-electron chi connectivity index (χ3n) is 2.75. The van der Waals surface area contributed by atoms with Crippen LogP contribution in [0.2, 0.25) is 5.02 Å². The van der Waals surface area contributed by atoms with E-state index in [-0.39, 0.29) is 11.9 Å². The van der Waals surface area contributed by atoms with E-state index >= 15 is 0 Å². The van der Waals surface area contributed by atoms with Crippen molar-refractivity contribution >= 4 is 17.5 Å². The number of nitrogens with two attached hydrogens (primary N) is 1. The average molecular weight is 255 g/mol. The van der Waals surface area contributed by atoms with Crippen LogP contribution in [0.3, 0.4) is 0 Å². The third kappa shape index (κ3) is 4.02. The molecular formula is C13H19ClN2O. The normalized spacial score (nSPS) is 14.1. The summed E-state index contributed by atoms with van der Waals surface area (Å²) in [5, 5.41) is 3.61. The summed E-state index contributed by atoms with van der Waals surface area (Å²) in [5.41, 5.74) is 6.70. The van der Waals surface area contributed by atoms with Crippen LogP contribution in [0.1, 0.15) is 38.3 Å². The Bertz CT molecular complexity index is 381. The largest absolute Gasteiger partial charge is 0.348 e. The molecule has 3 nitrogen and oxygen atoms in total. The first-order chi connectivity index (χ1) is 8.08. The molecule has 0 fully saturated rings. The SMILES string of the molecule is CCC(NC(=O)[C@H](N)CC)c1cccc(Cl)c1. The summed E-state index contributed by atoms with van der Waals surface area (Å²) >= 11 is 5.93. The van der Waals surface area contributed by atoms with E-state index in [2.05, 4.69) is 5.32 Å². The first-order valence-electron chi connectivity index (χ1n) is 5.89. The standard InChI is InChI=1S/C13H19ClN2O/c1-3-11(15)13(17)16-12(4-2)9-6-5-7-10(14)8-9/h5-8,11-12H,3-4,15H2,1-2H3,(H,16,17)/t11-,12?/m1/s1. The van der Waals surface area contributed by atoms with E-state index in [1.807, 2.05) is 38.1 Å². The maximum absolute atomic E-state index is 11.7. The van der Waals surface area contributed by atoms with E-state index in [4.69, 9.17) is 17.3 Å². The Kier molecular flexibility index (Phi) is 5.45. The molecule has 2 atom stereocenters. The number of halogens is 1. The second-order valence-electron chi connectivity index (χ2n) is 4.04. The van der Waals surface area contributed by atoms with Crippen molar-refractivity contribution < 1.29 is 4.79 Å². The van der Waals surface area contributed by atoms with Crippen molar-refractivity contribution in [1.29, 1.82) is 0 Å². The first-order valence-corrected chi connectivity index (χ1v) is 6.27. The van der Waals surface area contributed by atoms with Crippen LogP contribution in [0, 0.1) is 0 Å². The zero-order valence-corrected chi connectivity index (χ0v) is 11.0. The molecule has 0 heterocycles. The summed E-state index contributed by atoms with van der Waals surface area (Å²) in [5.74, 6) is -0.112. The Balaban J connectivity index is 2.75. The molecule has 17 heavy (non-hydrogen) atoms. The second-order valence-corrected chi connectivity index (χ2v) is 4.48. The highest BCUT2D eigenvalue weighted by molar-refractivity contribution is 6.30. The maximum atomic E-state index is 11.7. The average Bonchev–Trinajstić information content (AvgIpc) is 2.34. The van der Waals surface area contributed by atoms with Gasteiger partial charge >= 0.3 is 0 Å². The Hall–Kier alpha value is -1.06. The molecule has 1 amide bonds. The lowest BCUT2D eigenvalue weighted by Gasteiger charge is -2.19. The van der Waals surface area contributed by atoms with Gasteiger partial charge in [0.25, 0.3) is 0 Å². The van der Waals surface area contributed by atoms with E-state index in [0.29, 0.717) is 11.4 Å². The molecule has 0 saturated heterocycles. The quantitative estimate of drug-likeness (QED) is 0.849. The number of hydrogen-bond donors (Lipinski definition) is 2. The fourth-order valence-electron chi connectivity index (χ4n) is 1.61. The molecule has 94 valence electrons. The van der Waals surface area contributed by atoms with Gasteiger partial charge in [-0.1, -0.05) is 37.6 Å². The maximum Gasteiger partial charge on any atom is 0.237 e. The molecule has 0 saturated carbocycles. The molecule has 0 radical (unpaired) electrons. The van der Waals surface area contributed by atoms with E-state index in [1.165, 1.54) is 0 Å². The fourth-order valence-corrected chi connectivity index (χ4v) is 1.81. The van der Waals surface area contributed by atoms with Crippen LogP contribution in [-0.2, 0) is 4.79 Å². The van der Waals surface area contributed by atoms with Gasteiger partial charge in [-0.05, 0) is 30.5 Å². The van der Waals surface area contributed by atoms with Gasteiger partial charge in [0.15, 0.2) is 0 Å². The number of amides is 1. The van der Waals surface area contributed by atoms with Gasteiger partial charge in [0, 0.05) is 5.02 Å². The van der Waals surface area contributed by atoms with Gasteiger partial charge in [-0.15, -0.1) is 0 Å². The number of rotatable bonds is 5. The minimum Gasteiger partial charge on any atom is -0.348 e. The van der Waals surface area contributed by atoms with Crippen LogP contribution >= 0.6 is 11.6 Å². The Labute approximate surface area is 107 Å². The summed E-state index contributed by atoms with van der Waals surface area (Å²) in [6, 6.07) is 7.05. The Morgan fingerprint density at radius 2 is 2.12 bits per heavy atom. The molecule has 4 heteroatoms. The fraction of sp³-hybridized carbons (Fsp3) is 0.462. The van der Waals surface area contributed by atoms with E-state index in [0.717, 1.165) is 12.0 Å². The molecular weight excluding hydrogens is 236 g/mol. The summed E-state index contributed by atoms with van der Waals surface area (Å²) in [4.78, 5) is 11.7.